The van der Waals surface area contributed by atoms with Crippen LogP contribution in [0.2, 0.25) is 0 Å². The van der Waals surface area contributed by atoms with E-state index < -0.39 is 0 Å². The van der Waals surface area contributed by atoms with Crippen LogP contribution in [0.3, 0.4) is 0 Å². The molecule has 4 aromatic rings. The maximum Gasteiger partial charge on any atom is 0.157 e. The smallest absolute Gasteiger partial charge is 0.157 e. The second-order valence-electron chi connectivity index (χ2n) is 7.44. The molecule has 1 atom stereocenters. The standard InChI is InChI=1S/C24H26N4S/c1-15-9-10-19-16(2)27-28-24(21(19)13-15)26-17(3)22-11-12-23(29-22)20-8-6-5-7-18(20)14-25-4/h5-13,17,25H,14H2,1-4H3,(H,26,28)/t17-/m1/s1. The van der Waals surface area contributed by atoms with Crippen LogP contribution < -0.4 is 10.6 Å². The average Bonchev–Trinajstić information content (AvgIpc) is 3.21. The van der Waals surface area contributed by atoms with Crippen LogP contribution in [0, 0.1) is 13.8 Å². The van der Waals surface area contributed by atoms with Crippen molar-refractivity contribution in [3.63, 3.8) is 0 Å². The third kappa shape index (κ3) is 4.02. The second-order valence-corrected chi connectivity index (χ2v) is 8.55. The van der Waals surface area contributed by atoms with Crippen molar-refractivity contribution < 1.29 is 0 Å². The quantitative estimate of drug-likeness (QED) is 0.424. The van der Waals surface area contributed by atoms with Crippen LogP contribution in [0.25, 0.3) is 21.2 Å². The molecule has 2 aromatic carbocycles. The number of benzene rings is 2. The summed E-state index contributed by atoms with van der Waals surface area (Å²) in [4.78, 5) is 2.57. The summed E-state index contributed by atoms with van der Waals surface area (Å²) in [5, 5.41) is 17.9. The minimum atomic E-state index is 0.144. The fraction of sp³-hybridized carbons (Fsp3) is 0.250. The molecule has 0 saturated carbocycles. The first kappa shape index (κ1) is 19.6. The van der Waals surface area contributed by atoms with Crippen molar-refractivity contribution in [1.82, 2.24) is 15.5 Å². The third-order valence-electron chi connectivity index (χ3n) is 5.18. The van der Waals surface area contributed by atoms with Crippen molar-refractivity contribution in [3.05, 3.63) is 76.3 Å². The van der Waals surface area contributed by atoms with Crippen molar-refractivity contribution in [2.24, 2.45) is 0 Å². The molecule has 29 heavy (non-hydrogen) atoms. The summed E-state index contributed by atoms with van der Waals surface area (Å²) in [7, 11) is 1.98. The number of hydrogen-bond acceptors (Lipinski definition) is 5. The molecule has 148 valence electrons. The number of hydrogen-bond donors (Lipinski definition) is 2. The number of aryl methyl sites for hydroxylation is 2. The van der Waals surface area contributed by atoms with E-state index in [0.29, 0.717) is 0 Å². The van der Waals surface area contributed by atoms with Gasteiger partial charge < -0.3 is 10.6 Å². The molecule has 0 aliphatic heterocycles. The van der Waals surface area contributed by atoms with Crippen LogP contribution in [0.1, 0.15) is 34.7 Å². The van der Waals surface area contributed by atoms with Gasteiger partial charge in [0.05, 0.1) is 11.7 Å². The van der Waals surface area contributed by atoms with Gasteiger partial charge in [-0.3, -0.25) is 0 Å². The zero-order valence-electron chi connectivity index (χ0n) is 17.3. The van der Waals surface area contributed by atoms with E-state index in [2.05, 4.69) is 89.3 Å². The van der Waals surface area contributed by atoms with Crippen molar-refractivity contribution >= 4 is 27.9 Å². The highest BCUT2D eigenvalue weighted by Crippen LogP contribution is 2.35. The molecule has 0 aliphatic rings. The van der Waals surface area contributed by atoms with Crippen molar-refractivity contribution in [1.29, 1.82) is 0 Å². The van der Waals surface area contributed by atoms with Gasteiger partial charge in [-0.2, -0.15) is 5.10 Å². The second kappa shape index (κ2) is 8.31. The summed E-state index contributed by atoms with van der Waals surface area (Å²) < 4.78 is 0. The van der Waals surface area contributed by atoms with Gasteiger partial charge in [0.2, 0.25) is 0 Å². The molecule has 0 unspecified atom stereocenters. The maximum absolute atomic E-state index is 4.45. The molecule has 0 aliphatic carbocycles. The first-order valence-electron chi connectivity index (χ1n) is 9.89. The third-order valence-corrected chi connectivity index (χ3v) is 6.48. The molecule has 2 heterocycles. The number of nitrogens with one attached hydrogen (secondary N) is 2. The van der Waals surface area contributed by atoms with Crippen LogP contribution in [-0.4, -0.2) is 17.2 Å². The summed E-state index contributed by atoms with van der Waals surface area (Å²) in [5.41, 5.74) is 4.79. The maximum atomic E-state index is 4.45. The fourth-order valence-electron chi connectivity index (χ4n) is 3.62. The van der Waals surface area contributed by atoms with Crippen molar-refractivity contribution in [2.75, 3.05) is 12.4 Å². The number of aromatic nitrogens is 2. The molecule has 0 amide bonds. The molecule has 2 N–H and O–H groups in total. The van der Waals surface area contributed by atoms with Crippen LogP contribution in [0.5, 0.6) is 0 Å². The summed E-state index contributed by atoms with van der Waals surface area (Å²) in [6.45, 7) is 7.16. The van der Waals surface area contributed by atoms with Gasteiger partial charge in [0.15, 0.2) is 5.82 Å². The molecule has 0 spiro atoms. The molecule has 4 rings (SSSR count). The Hall–Kier alpha value is -2.76. The Bertz CT molecular complexity index is 1150. The van der Waals surface area contributed by atoms with E-state index in [9.17, 15) is 0 Å². The highest BCUT2D eigenvalue weighted by Gasteiger charge is 2.14. The fourth-order valence-corrected chi connectivity index (χ4v) is 4.69. The zero-order chi connectivity index (χ0) is 20.4. The largest absolute Gasteiger partial charge is 0.361 e. The van der Waals surface area contributed by atoms with E-state index in [1.54, 1.807) is 0 Å². The van der Waals surface area contributed by atoms with Gasteiger partial charge in [-0.1, -0.05) is 42.0 Å². The van der Waals surface area contributed by atoms with E-state index in [4.69, 9.17) is 0 Å². The lowest BCUT2D eigenvalue weighted by Crippen LogP contribution is -2.08. The Kier molecular flexibility index (Phi) is 5.60. The Balaban J connectivity index is 1.63. The lowest BCUT2D eigenvalue weighted by Gasteiger charge is -2.15. The number of nitrogens with zero attached hydrogens (tertiary/aromatic N) is 2. The van der Waals surface area contributed by atoms with Crippen LogP contribution in [0.4, 0.5) is 5.82 Å². The predicted octanol–water partition coefficient (Wildman–Crippen LogP) is 5.87. The van der Waals surface area contributed by atoms with Gasteiger partial charge in [0.1, 0.15) is 0 Å². The Morgan fingerprint density at radius 2 is 1.79 bits per heavy atom. The Morgan fingerprint density at radius 3 is 2.62 bits per heavy atom. The molecular weight excluding hydrogens is 376 g/mol. The average molecular weight is 403 g/mol. The molecule has 0 bridgehead atoms. The highest BCUT2D eigenvalue weighted by molar-refractivity contribution is 7.15. The van der Waals surface area contributed by atoms with E-state index in [1.165, 1.54) is 26.4 Å². The minimum absolute atomic E-state index is 0.144. The number of thiophene rings is 1. The summed E-state index contributed by atoms with van der Waals surface area (Å²) in [6.07, 6.45) is 0. The van der Waals surface area contributed by atoms with E-state index in [-0.39, 0.29) is 6.04 Å². The molecule has 4 nitrogen and oxygen atoms in total. The Morgan fingerprint density at radius 1 is 0.966 bits per heavy atom. The molecule has 5 heteroatoms. The van der Waals surface area contributed by atoms with Crippen LogP contribution in [-0.2, 0) is 6.54 Å². The SMILES string of the molecule is CNCc1ccccc1-c1ccc([C@@H](C)Nc2nnc(C)c3ccc(C)cc23)s1. The van der Waals surface area contributed by atoms with Gasteiger partial charge in [0.25, 0.3) is 0 Å². The van der Waals surface area contributed by atoms with Crippen molar-refractivity contribution in [2.45, 2.75) is 33.4 Å². The topological polar surface area (TPSA) is 49.8 Å². The highest BCUT2D eigenvalue weighted by atomic mass is 32.1. The lowest BCUT2D eigenvalue weighted by molar-refractivity contribution is 0.820. The molecule has 2 aromatic heterocycles. The van der Waals surface area contributed by atoms with Gasteiger partial charge in [-0.15, -0.1) is 16.4 Å². The number of rotatable bonds is 6. The molecule has 0 fully saturated rings. The normalized spacial score (nSPS) is 12.3. The number of anilines is 1. The molecule has 0 radical (unpaired) electrons. The summed E-state index contributed by atoms with van der Waals surface area (Å²) in [5.74, 6) is 0.840. The summed E-state index contributed by atoms with van der Waals surface area (Å²) >= 11 is 1.83. The van der Waals surface area contributed by atoms with Gasteiger partial charge in [-0.25, -0.2) is 0 Å². The first-order chi connectivity index (χ1) is 14.1. The van der Waals surface area contributed by atoms with Gasteiger partial charge >= 0.3 is 0 Å². The molecule has 0 saturated heterocycles. The molecular formula is C24H26N4S. The van der Waals surface area contributed by atoms with Gasteiger partial charge in [0, 0.05) is 27.1 Å². The minimum Gasteiger partial charge on any atom is -0.361 e. The van der Waals surface area contributed by atoms with Crippen LogP contribution >= 0.6 is 11.3 Å². The van der Waals surface area contributed by atoms with E-state index in [0.717, 1.165) is 28.8 Å². The summed E-state index contributed by atoms with van der Waals surface area (Å²) in [6, 6.07) is 19.6. The van der Waals surface area contributed by atoms with E-state index >= 15 is 0 Å². The number of fused-ring (bicyclic) bond motifs is 1. The van der Waals surface area contributed by atoms with E-state index in [1.807, 2.05) is 25.3 Å². The zero-order valence-corrected chi connectivity index (χ0v) is 18.1. The first-order valence-corrected chi connectivity index (χ1v) is 10.7. The predicted molar refractivity (Wildman–Crippen MR) is 124 cm³/mol. The van der Waals surface area contributed by atoms with Crippen LogP contribution in [0.15, 0.2) is 54.6 Å². The van der Waals surface area contributed by atoms with Crippen molar-refractivity contribution in [3.8, 4) is 10.4 Å². The van der Waals surface area contributed by atoms with Gasteiger partial charge in [-0.05, 0) is 57.1 Å². The monoisotopic (exact) mass is 402 g/mol. The Labute approximate surface area is 176 Å². The lowest BCUT2D eigenvalue weighted by atomic mass is 10.1.